The van der Waals surface area contributed by atoms with Crippen LogP contribution in [0.25, 0.3) is 0 Å². The molecule has 0 atom stereocenters. The summed E-state index contributed by atoms with van der Waals surface area (Å²) in [5.41, 5.74) is 0.407. The first kappa shape index (κ1) is 13.9. The molecular weight excluding hydrogens is 264 g/mol. The molecule has 0 aromatic carbocycles. The van der Waals surface area contributed by atoms with E-state index >= 15 is 0 Å². The second kappa shape index (κ2) is 5.97. The summed E-state index contributed by atoms with van der Waals surface area (Å²) < 4.78 is 21.7. The van der Waals surface area contributed by atoms with Crippen molar-refractivity contribution in [3.63, 3.8) is 0 Å². The predicted octanol–water partition coefficient (Wildman–Crippen LogP) is 0.900. The highest BCUT2D eigenvalue weighted by Gasteiger charge is 2.06. The number of nitrogens with zero attached hydrogens (tertiary/aromatic N) is 1. The zero-order valence-electron chi connectivity index (χ0n) is 9.31. The highest BCUT2D eigenvalue weighted by Crippen LogP contribution is 2.06. The van der Waals surface area contributed by atoms with Gasteiger partial charge in [0.15, 0.2) is 0 Å². The van der Waals surface area contributed by atoms with E-state index in [0.29, 0.717) is 18.5 Å². The van der Waals surface area contributed by atoms with Gasteiger partial charge in [0.05, 0.1) is 5.75 Å². The average molecular weight is 277 g/mol. The Bertz CT molecular complexity index is 502. The van der Waals surface area contributed by atoms with Crippen molar-refractivity contribution in [2.24, 2.45) is 0 Å². The number of hydrogen-bond donors (Lipinski definition) is 1. The Hall–Kier alpha value is -1.14. The molecule has 0 aliphatic carbocycles. The zero-order valence-corrected chi connectivity index (χ0v) is 10.9. The van der Waals surface area contributed by atoms with Crippen molar-refractivity contribution in [1.82, 2.24) is 10.3 Å². The van der Waals surface area contributed by atoms with E-state index < -0.39 is 9.84 Å². The maximum atomic E-state index is 11.6. The van der Waals surface area contributed by atoms with Crippen LogP contribution in [0.1, 0.15) is 16.8 Å². The van der Waals surface area contributed by atoms with E-state index in [1.54, 1.807) is 0 Å². The van der Waals surface area contributed by atoms with Crippen LogP contribution in [0, 0.1) is 0 Å². The molecule has 0 saturated heterocycles. The quantitative estimate of drug-likeness (QED) is 0.640. The lowest BCUT2D eigenvalue weighted by Gasteiger charge is -2.04. The van der Waals surface area contributed by atoms with Gasteiger partial charge in [-0.25, -0.2) is 13.4 Å². The third-order valence-corrected chi connectivity index (χ3v) is 3.20. The highest BCUT2D eigenvalue weighted by atomic mass is 35.5. The summed E-state index contributed by atoms with van der Waals surface area (Å²) >= 11 is 5.64. The van der Waals surface area contributed by atoms with Crippen molar-refractivity contribution in [3.8, 4) is 0 Å². The first-order valence-electron chi connectivity index (χ1n) is 4.96. The van der Waals surface area contributed by atoms with Gasteiger partial charge in [-0.1, -0.05) is 11.6 Å². The summed E-state index contributed by atoms with van der Waals surface area (Å²) in [5.74, 6) is -0.229. The number of nitrogens with one attached hydrogen (secondary N) is 1. The van der Waals surface area contributed by atoms with Crippen LogP contribution in [0.15, 0.2) is 18.3 Å². The van der Waals surface area contributed by atoms with Crippen LogP contribution < -0.4 is 5.32 Å². The van der Waals surface area contributed by atoms with Crippen LogP contribution in [0.4, 0.5) is 0 Å². The maximum Gasteiger partial charge on any atom is 0.251 e. The SMILES string of the molecule is CS(=O)(=O)CCCNC(=O)c1ccnc(Cl)c1. The van der Waals surface area contributed by atoms with Gasteiger partial charge in [-0.3, -0.25) is 4.79 Å². The Morgan fingerprint density at radius 2 is 2.24 bits per heavy atom. The number of sulfone groups is 1. The first-order chi connectivity index (χ1) is 7.88. The van der Waals surface area contributed by atoms with E-state index in [-0.39, 0.29) is 16.8 Å². The van der Waals surface area contributed by atoms with Crippen LogP contribution in [-0.4, -0.2) is 37.9 Å². The molecule has 0 spiro atoms. The van der Waals surface area contributed by atoms with Gasteiger partial charge in [-0.15, -0.1) is 0 Å². The molecule has 7 heteroatoms. The average Bonchev–Trinajstić information content (AvgIpc) is 2.23. The molecule has 0 saturated carbocycles. The topological polar surface area (TPSA) is 76.1 Å². The summed E-state index contributed by atoms with van der Waals surface area (Å²) in [6, 6.07) is 2.99. The Balaban J connectivity index is 2.41. The van der Waals surface area contributed by atoms with Crippen molar-refractivity contribution in [1.29, 1.82) is 0 Å². The minimum atomic E-state index is -2.98. The Labute approximate surface area is 105 Å². The third kappa shape index (κ3) is 5.65. The van der Waals surface area contributed by atoms with Crippen molar-refractivity contribution in [2.45, 2.75) is 6.42 Å². The standard InChI is InChI=1S/C10H13ClN2O3S/c1-17(15,16)6-2-4-13-10(14)8-3-5-12-9(11)7-8/h3,5,7H,2,4,6H2,1H3,(H,13,14). The zero-order chi connectivity index (χ0) is 12.9. The van der Waals surface area contributed by atoms with E-state index in [9.17, 15) is 13.2 Å². The maximum absolute atomic E-state index is 11.6. The van der Waals surface area contributed by atoms with Gasteiger partial charge in [-0.05, 0) is 18.6 Å². The molecule has 94 valence electrons. The molecule has 0 radical (unpaired) electrons. The molecule has 0 aliphatic heterocycles. The highest BCUT2D eigenvalue weighted by molar-refractivity contribution is 7.90. The Morgan fingerprint density at radius 1 is 1.53 bits per heavy atom. The molecule has 1 amide bonds. The number of carbonyl (C=O) groups excluding carboxylic acids is 1. The molecule has 1 rings (SSSR count). The number of carbonyl (C=O) groups is 1. The fourth-order valence-corrected chi connectivity index (χ4v) is 2.02. The monoisotopic (exact) mass is 276 g/mol. The van der Waals surface area contributed by atoms with Gasteiger partial charge < -0.3 is 5.32 Å². The van der Waals surface area contributed by atoms with Crippen molar-refractivity contribution >= 4 is 27.3 Å². The minimum Gasteiger partial charge on any atom is -0.352 e. The molecule has 0 unspecified atom stereocenters. The summed E-state index contributed by atoms with van der Waals surface area (Å²) in [5, 5.41) is 2.85. The molecular formula is C10H13ClN2O3S. The van der Waals surface area contributed by atoms with Gasteiger partial charge in [0, 0.05) is 24.6 Å². The lowest BCUT2D eigenvalue weighted by atomic mass is 10.2. The molecule has 1 aromatic rings. The number of halogens is 1. The summed E-state index contributed by atoms with van der Waals surface area (Å²) in [4.78, 5) is 15.3. The molecule has 1 aromatic heterocycles. The first-order valence-corrected chi connectivity index (χ1v) is 7.40. The number of amides is 1. The van der Waals surface area contributed by atoms with E-state index in [1.807, 2.05) is 0 Å². The molecule has 5 nitrogen and oxygen atoms in total. The van der Waals surface area contributed by atoms with Crippen molar-refractivity contribution in [2.75, 3.05) is 18.6 Å². The minimum absolute atomic E-state index is 0.0599. The largest absolute Gasteiger partial charge is 0.352 e. The van der Waals surface area contributed by atoms with Gasteiger partial charge in [0.1, 0.15) is 15.0 Å². The fourth-order valence-electron chi connectivity index (χ4n) is 1.18. The normalized spacial score (nSPS) is 11.2. The van der Waals surface area contributed by atoms with Crippen molar-refractivity contribution < 1.29 is 13.2 Å². The molecule has 1 N–H and O–H groups in total. The smallest absolute Gasteiger partial charge is 0.251 e. The lowest BCUT2D eigenvalue weighted by Crippen LogP contribution is -2.25. The van der Waals surface area contributed by atoms with E-state index in [4.69, 9.17) is 11.6 Å². The van der Waals surface area contributed by atoms with Gasteiger partial charge in [-0.2, -0.15) is 0 Å². The van der Waals surface area contributed by atoms with Crippen LogP contribution in [0.3, 0.4) is 0 Å². The predicted molar refractivity (Wildman–Crippen MR) is 65.9 cm³/mol. The summed E-state index contributed by atoms with van der Waals surface area (Å²) in [7, 11) is -2.98. The molecule has 1 heterocycles. The lowest BCUT2D eigenvalue weighted by molar-refractivity contribution is 0.0953. The fraction of sp³-hybridized carbons (Fsp3) is 0.400. The Kier molecular flexibility index (Phi) is 4.89. The van der Waals surface area contributed by atoms with Crippen molar-refractivity contribution in [3.05, 3.63) is 29.0 Å². The summed E-state index contributed by atoms with van der Waals surface area (Å²) in [6.45, 7) is 0.311. The van der Waals surface area contributed by atoms with E-state index in [0.717, 1.165) is 6.26 Å². The number of rotatable bonds is 5. The molecule has 0 aliphatic rings. The van der Waals surface area contributed by atoms with Crippen LogP contribution in [-0.2, 0) is 9.84 Å². The van der Waals surface area contributed by atoms with Crippen LogP contribution >= 0.6 is 11.6 Å². The molecule has 0 fully saturated rings. The van der Waals surface area contributed by atoms with Gasteiger partial charge in [0.25, 0.3) is 5.91 Å². The van der Waals surface area contributed by atoms with Gasteiger partial charge in [0.2, 0.25) is 0 Å². The Morgan fingerprint density at radius 3 is 2.82 bits per heavy atom. The third-order valence-electron chi connectivity index (χ3n) is 1.97. The van der Waals surface area contributed by atoms with E-state index in [1.165, 1.54) is 18.3 Å². The number of aromatic nitrogens is 1. The van der Waals surface area contributed by atoms with Crippen LogP contribution in [0.2, 0.25) is 5.15 Å². The molecule has 0 bridgehead atoms. The second-order valence-corrected chi connectivity index (χ2v) is 6.25. The summed E-state index contributed by atoms with van der Waals surface area (Å²) in [6.07, 6.45) is 2.99. The van der Waals surface area contributed by atoms with Gasteiger partial charge >= 0.3 is 0 Å². The number of hydrogen-bond acceptors (Lipinski definition) is 4. The second-order valence-electron chi connectivity index (χ2n) is 3.61. The molecule has 17 heavy (non-hydrogen) atoms. The number of pyridine rings is 1. The van der Waals surface area contributed by atoms with E-state index in [2.05, 4.69) is 10.3 Å². The van der Waals surface area contributed by atoms with Crippen LogP contribution in [0.5, 0.6) is 0 Å².